The van der Waals surface area contributed by atoms with Gasteiger partial charge in [0, 0.05) is 18.9 Å². The van der Waals surface area contributed by atoms with Gasteiger partial charge in [-0.1, -0.05) is 12.1 Å². The summed E-state index contributed by atoms with van der Waals surface area (Å²) in [7, 11) is -2.31. The number of benzene rings is 1. The van der Waals surface area contributed by atoms with Crippen molar-refractivity contribution in [2.24, 2.45) is 12.8 Å². The summed E-state index contributed by atoms with van der Waals surface area (Å²) in [6.45, 7) is 3.56. The van der Waals surface area contributed by atoms with E-state index in [1.54, 1.807) is 38.1 Å². The molecular weight excluding hydrogens is 328 g/mol. The number of carbonyl (C=O) groups excluding carboxylic acids is 1. The molecule has 0 radical (unpaired) electrons. The van der Waals surface area contributed by atoms with Crippen LogP contribution < -0.4 is 10.5 Å². The van der Waals surface area contributed by atoms with Gasteiger partial charge in [0.1, 0.15) is 10.6 Å². The van der Waals surface area contributed by atoms with Crippen molar-refractivity contribution in [1.29, 1.82) is 5.26 Å². The number of hydrogen-bond acceptors (Lipinski definition) is 4. The Bertz CT molecular complexity index is 919. The normalized spacial score (nSPS) is 11.8. The van der Waals surface area contributed by atoms with Gasteiger partial charge in [0.15, 0.2) is 0 Å². The lowest BCUT2D eigenvalue weighted by atomic mass is 9.86. The molecule has 0 saturated heterocycles. The molecule has 2 aromatic rings. The van der Waals surface area contributed by atoms with Crippen LogP contribution in [-0.2, 0) is 22.5 Å². The van der Waals surface area contributed by atoms with Crippen LogP contribution in [-0.4, -0.2) is 18.9 Å². The van der Waals surface area contributed by atoms with Gasteiger partial charge in [-0.25, -0.2) is 8.42 Å². The van der Waals surface area contributed by atoms with Crippen molar-refractivity contribution in [3.8, 4) is 6.07 Å². The minimum absolute atomic E-state index is 0.0553. The van der Waals surface area contributed by atoms with Gasteiger partial charge in [0.05, 0.1) is 11.5 Å². The maximum absolute atomic E-state index is 12.4. The number of hydrogen-bond donors (Lipinski definition) is 2. The molecule has 24 heavy (non-hydrogen) atoms. The highest BCUT2D eigenvalue weighted by atomic mass is 32.2. The predicted octanol–water partition coefficient (Wildman–Crippen LogP) is 1.73. The van der Waals surface area contributed by atoms with Crippen molar-refractivity contribution in [2.45, 2.75) is 24.2 Å². The number of primary amides is 1. The Morgan fingerprint density at radius 2 is 1.88 bits per heavy atom. The number of carbonyl (C=O) groups is 1. The van der Waals surface area contributed by atoms with E-state index in [1.165, 1.54) is 23.9 Å². The van der Waals surface area contributed by atoms with Crippen molar-refractivity contribution >= 4 is 21.6 Å². The Labute approximate surface area is 140 Å². The van der Waals surface area contributed by atoms with Crippen LogP contribution in [0.3, 0.4) is 0 Å². The van der Waals surface area contributed by atoms with E-state index in [1.807, 2.05) is 0 Å². The molecule has 1 aromatic carbocycles. The van der Waals surface area contributed by atoms with Gasteiger partial charge in [-0.3, -0.25) is 9.52 Å². The molecule has 0 aliphatic heterocycles. The standard InChI is InChI=1S/C16H18N4O3S/c1-16(2,10-17)11-4-6-12(7-5-11)19-24(22,23)13-8-14(15(18)21)20(3)9-13/h4-9,19H,1-3H3,(H2,18,21). The number of aromatic nitrogens is 1. The van der Waals surface area contributed by atoms with Crippen LogP contribution in [0.5, 0.6) is 0 Å². The fourth-order valence-corrected chi connectivity index (χ4v) is 3.29. The molecule has 7 nitrogen and oxygen atoms in total. The first-order valence-corrected chi connectivity index (χ1v) is 8.56. The van der Waals surface area contributed by atoms with Crippen molar-refractivity contribution in [3.05, 3.63) is 47.8 Å². The Kier molecular flexibility index (Phi) is 4.40. The molecule has 1 heterocycles. The molecule has 0 saturated carbocycles. The third kappa shape index (κ3) is 3.41. The van der Waals surface area contributed by atoms with Gasteiger partial charge < -0.3 is 10.3 Å². The molecule has 126 valence electrons. The summed E-state index contributed by atoms with van der Waals surface area (Å²) >= 11 is 0. The monoisotopic (exact) mass is 346 g/mol. The molecule has 2 rings (SSSR count). The topological polar surface area (TPSA) is 118 Å². The second kappa shape index (κ2) is 6.02. The Hall–Kier alpha value is -2.79. The number of nitrogens with two attached hydrogens (primary N) is 1. The number of nitriles is 1. The van der Waals surface area contributed by atoms with Gasteiger partial charge in [0.25, 0.3) is 15.9 Å². The van der Waals surface area contributed by atoms with Crippen LogP contribution in [0.15, 0.2) is 41.4 Å². The molecule has 0 fully saturated rings. The first-order chi connectivity index (χ1) is 11.1. The Morgan fingerprint density at radius 1 is 1.29 bits per heavy atom. The average Bonchev–Trinajstić information content (AvgIpc) is 2.90. The Balaban J connectivity index is 2.29. The zero-order valence-electron chi connectivity index (χ0n) is 13.6. The SMILES string of the molecule is Cn1cc(S(=O)(=O)Nc2ccc(C(C)(C)C#N)cc2)cc1C(N)=O. The molecular formula is C16H18N4O3S. The first kappa shape index (κ1) is 17.6. The van der Waals surface area contributed by atoms with Crippen LogP contribution in [0.2, 0.25) is 0 Å². The zero-order valence-corrected chi connectivity index (χ0v) is 14.4. The summed E-state index contributed by atoms with van der Waals surface area (Å²) in [6.07, 6.45) is 1.32. The lowest BCUT2D eigenvalue weighted by Gasteiger charge is -2.16. The summed E-state index contributed by atoms with van der Waals surface area (Å²) < 4.78 is 28.6. The summed E-state index contributed by atoms with van der Waals surface area (Å²) in [5, 5.41) is 9.12. The van der Waals surface area contributed by atoms with Crippen LogP contribution in [0.25, 0.3) is 0 Å². The maximum atomic E-state index is 12.4. The van der Waals surface area contributed by atoms with Gasteiger partial charge in [-0.15, -0.1) is 0 Å². The van der Waals surface area contributed by atoms with Crippen LogP contribution in [0.4, 0.5) is 5.69 Å². The van der Waals surface area contributed by atoms with Gasteiger partial charge >= 0.3 is 0 Å². The quantitative estimate of drug-likeness (QED) is 0.857. The number of anilines is 1. The summed E-state index contributed by atoms with van der Waals surface area (Å²) in [6, 6.07) is 9.97. The number of aryl methyl sites for hydroxylation is 1. The highest BCUT2D eigenvalue weighted by molar-refractivity contribution is 7.92. The van der Waals surface area contributed by atoms with Crippen molar-refractivity contribution in [1.82, 2.24) is 4.57 Å². The highest BCUT2D eigenvalue weighted by Gasteiger charge is 2.21. The maximum Gasteiger partial charge on any atom is 0.265 e. The molecule has 0 atom stereocenters. The Morgan fingerprint density at radius 3 is 2.33 bits per heavy atom. The van der Waals surface area contributed by atoms with E-state index in [9.17, 15) is 13.2 Å². The highest BCUT2D eigenvalue weighted by Crippen LogP contribution is 2.25. The first-order valence-electron chi connectivity index (χ1n) is 7.07. The van der Waals surface area contributed by atoms with Crippen LogP contribution in [0.1, 0.15) is 29.9 Å². The summed E-state index contributed by atoms with van der Waals surface area (Å²) in [5.74, 6) is -0.706. The van der Waals surface area contributed by atoms with E-state index < -0.39 is 21.3 Å². The van der Waals surface area contributed by atoms with Gasteiger partial charge in [-0.2, -0.15) is 5.26 Å². The molecule has 0 spiro atoms. The van der Waals surface area contributed by atoms with Crippen molar-refractivity contribution in [3.63, 3.8) is 0 Å². The number of rotatable bonds is 5. The summed E-state index contributed by atoms with van der Waals surface area (Å²) in [5.41, 5.74) is 5.77. The van der Waals surface area contributed by atoms with Crippen molar-refractivity contribution in [2.75, 3.05) is 4.72 Å². The van der Waals surface area contributed by atoms with E-state index in [0.29, 0.717) is 5.69 Å². The number of nitrogens with one attached hydrogen (secondary N) is 1. The fourth-order valence-electron chi connectivity index (χ4n) is 2.16. The van der Waals surface area contributed by atoms with Gasteiger partial charge in [0.2, 0.25) is 0 Å². The van der Waals surface area contributed by atoms with E-state index in [4.69, 9.17) is 11.0 Å². The molecule has 0 aliphatic rings. The predicted molar refractivity (Wildman–Crippen MR) is 89.8 cm³/mol. The lowest BCUT2D eigenvalue weighted by Crippen LogP contribution is -2.15. The number of nitrogens with zero attached hydrogens (tertiary/aromatic N) is 2. The second-order valence-electron chi connectivity index (χ2n) is 5.96. The smallest absolute Gasteiger partial charge is 0.265 e. The number of amides is 1. The molecule has 1 aromatic heterocycles. The molecule has 8 heteroatoms. The molecule has 0 aliphatic carbocycles. The molecule has 1 amide bonds. The third-order valence-electron chi connectivity index (χ3n) is 3.68. The van der Waals surface area contributed by atoms with Crippen LogP contribution in [0, 0.1) is 11.3 Å². The minimum Gasteiger partial charge on any atom is -0.364 e. The van der Waals surface area contributed by atoms with E-state index in [2.05, 4.69) is 10.8 Å². The molecule has 3 N–H and O–H groups in total. The second-order valence-corrected chi connectivity index (χ2v) is 7.64. The van der Waals surface area contributed by atoms with Crippen molar-refractivity contribution < 1.29 is 13.2 Å². The van der Waals surface area contributed by atoms with E-state index >= 15 is 0 Å². The summed E-state index contributed by atoms with van der Waals surface area (Å²) in [4.78, 5) is 11.2. The largest absolute Gasteiger partial charge is 0.364 e. The van der Waals surface area contributed by atoms with E-state index in [0.717, 1.165) is 5.56 Å². The minimum atomic E-state index is -3.85. The zero-order chi connectivity index (χ0) is 18.1. The van der Waals surface area contributed by atoms with Gasteiger partial charge in [-0.05, 0) is 37.6 Å². The third-order valence-corrected chi connectivity index (χ3v) is 5.03. The fraction of sp³-hybridized carbons (Fsp3) is 0.250. The van der Waals surface area contributed by atoms with E-state index in [-0.39, 0.29) is 10.6 Å². The number of sulfonamides is 1. The van der Waals surface area contributed by atoms with Crippen LogP contribution >= 0.6 is 0 Å². The molecule has 0 bridgehead atoms. The molecule has 0 unspecified atom stereocenters. The average molecular weight is 346 g/mol. The lowest BCUT2D eigenvalue weighted by molar-refractivity contribution is 0.0992.